The Labute approximate surface area is 157 Å². The van der Waals surface area contributed by atoms with Crippen LogP contribution in [0, 0.1) is 0 Å². The number of nitrogens with two attached hydrogens (primary N) is 1. The molecule has 0 aliphatic carbocycles. The largest absolute Gasteiger partial charge is 0.324 e. The lowest BCUT2D eigenvalue weighted by molar-refractivity contribution is 0.100. The highest BCUT2D eigenvalue weighted by atomic mass is 32.2. The maximum absolute atomic E-state index is 12.8. The summed E-state index contributed by atoms with van der Waals surface area (Å²) in [5, 5.41) is 4.97. The van der Waals surface area contributed by atoms with Crippen molar-refractivity contribution in [3.63, 3.8) is 0 Å². The fourth-order valence-electron chi connectivity index (χ4n) is 2.82. The Hall–Kier alpha value is -2.78. The summed E-state index contributed by atoms with van der Waals surface area (Å²) in [6.45, 7) is 1.56. The van der Waals surface area contributed by atoms with E-state index in [1.54, 1.807) is 49.1 Å². The monoisotopic (exact) mass is 387 g/mol. The number of aromatic nitrogens is 3. The number of benzene rings is 1. The lowest BCUT2D eigenvalue weighted by atomic mass is 10.1. The predicted molar refractivity (Wildman–Crippen MR) is 104 cm³/mol. The lowest BCUT2D eigenvalue weighted by Crippen LogP contribution is -2.32. The van der Waals surface area contributed by atoms with E-state index in [-0.39, 0.29) is 24.6 Å². The summed E-state index contributed by atoms with van der Waals surface area (Å²) >= 11 is 0. The summed E-state index contributed by atoms with van der Waals surface area (Å²) in [5.74, 6) is -0.264. The second kappa shape index (κ2) is 7.45. The smallest absolute Gasteiger partial charge is 0.235 e. The summed E-state index contributed by atoms with van der Waals surface area (Å²) in [7, 11) is -1.75. The van der Waals surface area contributed by atoms with Gasteiger partial charge in [-0.05, 0) is 31.2 Å². The van der Waals surface area contributed by atoms with E-state index in [1.807, 2.05) is 6.07 Å². The van der Waals surface area contributed by atoms with Gasteiger partial charge in [0.05, 0.1) is 41.9 Å². The van der Waals surface area contributed by atoms with E-state index in [1.165, 1.54) is 10.5 Å². The van der Waals surface area contributed by atoms with E-state index >= 15 is 0 Å². The van der Waals surface area contributed by atoms with Crippen LogP contribution < -0.4 is 10.0 Å². The van der Waals surface area contributed by atoms with Gasteiger partial charge in [-0.1, -0.05) is 6.07 Å². The minimum atomic E-state index is -3.56. The molecule has 0 amide bonds. The molecule has 0 aliphatic rings. The van der Waals surface area contributed by atoms with Gasteiger partial charge < -0.3 is 5.73 Å². The third-order valence-electron chi connectivity index (χ3n) is 4.38. The number of carbonyl (C=O) groups is 1. The number of ketones is 1. The number of hydrogen-bond donors (Lipinski definition) is 1. The molecular formula is C18H21N5O3S. The zero-order valence-electron chi connectivity index (χ0n) is 15.2. The van der Waals surface area contributed by atoms with Crippen LogP contribution in [0.3, 0.4) is 0 Å². The topological polar surface area (TPSA) is 111 Å². The van der Waals surface area contributed by atoms with Crippen LogP contribution in [0.25, 0.3) is 10.9 Å². The van der Waals surface area contributed by atoms with Gasteiger partial charge in [-0.3, -0.25) is 18.8 Å². The first-order valence-corrected chi connectivity index (χ1v) is 10.1. The Bertz CT molecular complexity index is 1070. The minimum absolute atomic E-state index is 0.0482. The van der Waals surface area contributed by atoms with Gasteiger partial charge in [-0.25, -0.2) is 8.42 Å². The Morgan fingerprint density at radius 2 is 2.00 bits per heavy atom. The molecule has 142 valence electrons. The molecule has 0 bridgehead atoms. The van der Waals surface area contributed by atoms with Crippen LogP contribution in [0.4, 0.5) is 5.69 Å². The summed E-state index contributed by atoms with van der Waals surface area (Å²) < 4.78 is 28.6. The SMILES string of the molecule is CCS(=O)(=O)N(Cc1ccc(C(=O)CN)cn1)c1cccc2c1cnn2C. The number of sulfonamides is 1. The third-order valence-corrected chi connectivity index (χ3v) is 6.10. The van der Waals surface area contributed by atoms with E-state index in [2.05, 4.69) is 10.1 Å². The van der Waals surface area contributed by atoms with Gasteiger partial charge in [0.25, 0.3) is 0 Å². The molecule has 0 saturated carbocycles. The van der Waals surface area contributed by atoms with Gasteiger partial charge >= 0.3 is 0 Å². The fourth-order valence-corrected chi connectivity index (χ4v) is 3.92. The fraction of sp³-hybridized carbons (Fsp3) is 0.278. The quantitative estimate of drug-likeness (QED) is 0.615. The second-order valence-corrected chi connectivity index (χ2v) is 8.23. The van der Waals surface area contributed by atoms with Crippen LogP contribution in [-0.2, 0) is 23.6 Å². The molecule has 0 fully saturated rings. The molecule has 0 spiro atoms. The van der Waals surface area contributed by atoms with Gasteiger partial charge in [0.15, 0.2) is 5.78 Å². The number of rotatable bonds is 7. The molecule has 0 saturated heterocycles. The first kappa shape index (κ1) is 19.0. The van der Waals surface area contributed by atoms with Crippen LogP contribution in [0.2, 0.25) is 0 Å². The number of carbonyl (C=O) groups excluding carboxylic acids is 1. The molecule has 0 aliphatic heterocycles. The molecule has 8 nitrogen and oxygen atoms in total. The van der Waals surface area contributed by atoms with Crippen LogP contribution in [0.15, 0.2) is 42.7 Å². The number of anilines is 1. The average molecular weight is 387 g/mol. The van der Waals surface area contributed by atoms with Gasteiger partial charge in [0.2, 0.25) is 10.0 Å². The van der Waals surface area contributed by atoms with Crippen molar-refractivity contribution >= 4 is 32.4 Å². The van der Waals surface area contributed by atoms with E-state index in [0.29, 0.717) is 16.9 Å². The van der Waals surface area contributed by atoms with Crippen molar-refractivity contribution in [2.45, 2.75) is 13.5 Å². The van der Waals surface area contributed by atoms with Gasteiger partial charge in [-0.2, -0.15) is 5.10 Å². The highest BCUT2D eigenvalue weighted by Gasteiger charge is 2.24. The Balaban J connectivity index is 2.04. The number of Topliss-reactive ketones (excluding diaryl/α,β-unsaturated/α-hetero) is 1. The van der Waals surface area contributed by atoms with E-state index < -0.39 is 10.0 Å². The Kier molecular flexibility index (Phi) is 5.24. The molecule has 3 aromatic rings. The van der Waals surface area contributed by atoms with Crippen molar-refractivity contribution in [3.05, 3.63) is 54.0 Å². The maximum atomic E-state index is 12.8. The van der Waals surface area contributed by atoms with E-state index in [4.69, 9.17) is 5.73 Å². The van der Waals surface area contributed by atoms with E-state index in [9.17, 15) is 13.2 Å². The Morgan fingerprint density at radius 1 is 1.22 bits per heavy atom. The molecule has 0 atom stereocenters. The van der Waals surface area contributed by atoms with E-state index in [0.717, 1.165) is 10.9 Å². The van der Waals surface area contributed by atoms with Crippen LogP contribution in [-0.4, -0.2) is 41.3 Å². The number of pyridine rings is 1. The van der Waals surface area contributed by atoms with Crippen molar-refractivity contribution in [1.82, 2.24) is 14.8 Å². The third kappa shape index (κ3) is 3.69. The summed E-state index contributed by atoms with van der Waals surface area (Å²) in [6.07, 6.45) is 3.07. The summed E-state index contributed by atoms with van der Waals surface area (Å²) in [4.78, 5) is 15.9. The molecule has 2 aromatic heterocycles. The molecule has 2 N–H and O–H groups in total. The van der Waals surface area contributed by atoms with Crippen LogP contribution in [0.5, 0.6) is 0 Å². The number of nitrogens with zero attached hydrogens (tertiary/aromatic N) is 4. The van der Waals surface area contributed by atoms with Gasteiger partial charge in [0, 0.05) is 24.2 Å². The highest BCUT2D eigenvalue weighted by molar-refractivity contribution is 7.92. The molecule has 3 rings (SSSR count). The van der Waals surface area contributed by atoms with Crippen molar-refractivity contribution in [2.24, 2.45) is 12.8 Å². The summed E-state index contributed by atoms with van der Waals surface area (Å²) in [6, 6.07) is 8.69. The predicted octanol–water partition coefficient (Wildman–Crippen LogP) is 1.47. The number of hydrogen-bond acceptors (Lipinski definition) is 6. The maximum Gasteiger partial charge on any atom is 0.235 e. The Morgan fingerprint density at radius 3 is 2.63 bits per heavy atom. The average Bonchev–Trinajstić information content (AvgIpc) is 3.07. The van der Waals surface area contributed by atoms with Crippen molar-refractivity contribution < 1.29 is 13.2 Å². The summed E-state index contributed by atoms with van der Waals surface area (Å²) in [5.41, 5.74) is 7.67. The van der Waals surface area contributed by atoms with Crippen molar-refractivity contribution in [1.29, 1.82) is 0 Å². The first-order chi connectivity index (χ1) is 12.9. The van der Waals surface area contributed by atoms with Crippen LogP contribution >= 0.6 is 0 Å². The van der Waals surface area contributed by atoms with Crippen molar-refractivity contribution in [3.8, 4) is 0 Å². The standard InChI is InChI=1S/C18H21N5O3S/c1-3-27(25,26)23(12-14-8-7-13(10-20-14)18(24)9-19)17-6-4-5-16-15(17)11-21-22(16)2/h4-8,10-11H,3,9,12,19H2,1-2H3. The molecule has 27 heavy (non-hydrogen) atoms. The second-order valence-electron chi connectivity index (χ2n) is 6.05. The molecular weight excluding hydrogens is 366 g/mol. The lowest BCUT2D eigenvalue weighted by Gasteiger charge is -2.24. The first-order valence-electron chi connectivity index (χ1n) is 8.46. The van der Waals surface area contributed by atoms with Gasteiger partial charge in [-0.15, -0.1) is 0 Å². The molecule has 1 aromatic carbocycles. The minimum Gasteiger partial charge on any atom is -0.324 e. The normalized spacial score (nSPS) is 11.7. The molecule has 2 heterocycles. The van der Waals surface area contributed by atoms with Crippen molar-refractivity contribution in [2.75, 3.05) is 16.6 Å². The molecule has 0 radical (unpaired) electrons. The zero-order chi connectivity index (χ0) is 19.6. The number of aryl methyl sites for hydroxylation is 1. The molecule has 9 heteroatoms. The molecule has 0 unspecified atom stereocenters. The highest BCUT2D eigenvalue weighted by Crippen LogP contribution is 2.29. The van der Waals surface area contributed by atoms with Gasteiger partial charge in [0.1, 0.15) is 0 Å². The zero-order valence-corrected chi connectivity index (χ0v) is 16.0. The van der Waals surface area contributed by atoms with Crippen LogP contribution in [0.1, 0.15) is 23.0 Å². The number of fused-ring (bicyclic) bond motifs is 1.